The first-order valence-electron chi connectivity index (χ1n) is 8.29. The summed E-state index contributed by atoms with van der Waals surface area (Å²) in [5, 5.41) is 7.43. The summed E-state index contributed by atoms with van der Waals surface area (Å²) in [6, 6.07) is 0. The maximum absolute atomic E-state index is 11.6. The molecule has 0 radical (unpaired) electrons. The number of nitrogens with zero attached hydrogens (tertiary/aromatic N) is 4. The lowest BCUT2D eigenvalue weighted by Crippen LogP contribution is -2.48. The molecule has 9 heteroatoms. The van der Waals surface area contributed by atoms with Crippen LogP contribution in [0.25, 0.3) is 0 Å². The van der Waals surface area contributed by atoms with Crippen molar-refractivity contribution in [2.45, 2.75) is 20.0 Å². The fraction of sp³-hybridized carbons (Fsp3) is 0.733. The predicted molar refractivity (Wildman–Crippen MR) is 93.8 cm³/mol. The van der Waals surface area contributed by atoms with Crippen LogP contribution in [0.4, 0.5) is 0 Å². The molecule has 1 atom stereocenters. The average molecular weight is 357 g/mol. The van der Waals surface area contributed by atoms with Crippen LogP contribution >= 0.6 is 0 Å². The second kappa shape index (κ2) is 8.48. The van der Waals surface area contributed by atoms with Gasteiger partial charge >= 0.3 is 0 Å². The Morgan fingerprint density at radius 2 is 2.29 bits per heavy atom. The fourth-order valence-electron chi connectivity index (χ4n) is 2.51. The minimum Gasteiger partial charge on any atom is -0.370 e. The lowest BCUT2D eigenvalue weighted by atomic mass is 10.1. The Labute approximate surface area is 143 Å². The summed E-state index contributed by atoms with van der Waals surface area (Å²) in [5.74, 6) is 0.968. The van der Waals surface area contributed by atoms with Crippen molar-refractivity contribution in [2.24, 2.45) is 12.0 Å². The van der Waals surface area contributed by atoms with Crippen molar-refractivity contribution in [2.75, 3.05) is 44.3 Å². The molecule has 0 bridgehead atoms. The Balaban J connectivity index is 2.03. The lowest BCUT2D eigenvalue weighted by molar-refractivity contribution is -0.00802. The van der Waals surface area contributed by atoms with E-state index in [2.05, 4.69) is 20.3 Å². The van der Waals surface area contributed by atoms with Crippen LogP contribution in [0.3, 0.4) is 0 Å². The standard InChI is InChI=1S/C15H27N5O3S/c1-4-16-15(17-6-9-24(21,22)5-2)20-7-8-23-14(12-20)13-10-18-19(3)11-13/h10-11,14H,4-9,12H2,1-3H3,(H,16,17). The third kappa shape index (κ3) is 5.20. The summed E-state index contributed by atoms with van der Waals surface area (Å²) < 4.78 is 30.8. The van der Waals surface area contributed by atoms with E-state index in [0.29, 0.717) is 13.2 Å². The van der Waals surface area contributed by atoms with Crippen LogP contribution in [-0.4, -0.2) is 73.3 Å². The van der Waals surface area contributed by atoms with Crippen LogP contribution in [0.15, 0.2) is 17.4 Å². The van der Waals surface area contributed by atoms with E-state index >= 15 is 0 Å². The minimum absolute atomic E-state index is 0.0596. The molecule has 1 unspecified atom stereocenters. The summed E-state index contributed by atoms with van der Waals surface area (Å²) in [4.78, 5) is 6.59. The average Bonchev–Trinajstić information content (AvgIpc) is 3.01. The number of rotatable bonds is 6. The van der Waals surface area contributed by atoms with Gasteiger partial charge in [-0.15, -0.1) is 0 Å². The molecule has 1 aliphatic rings. The van der Waals surface area contributed by atoms with Gasteiger partial charge in [0.2, 0.25) is 0 Å². The molecular formula is C15H27N5O3S. The van der Waals surface area contributed by atoms with Crippen molar-refractivity contribution in [1.29, 1.82) is 0 Å². The Morgan fingerprint density at radius 3 is 2.92 bits per heavy atom. The molecule has 1 fully saturated rings. The number of aliphatic imine (C=N–C) groups is 1. The predicted octanol–water partition coefficient (Wildman–Crippen LogP) is 0.194. The molecule has 0 spiro atoms. The van der Waals surface area contributed by atoms with E-state index in [1.54, 1.807) is 11.6 Å². The van der Waals surface area contributed by atoms with Gasteiger partial charge in [0.1, 0.15) is 6.10 Å². The van der Waals surface area contributed by atoms with Gasteiger partial charge in [-0.1, -0.05) is 6.92 Å². The van der Waals surface area contributed by atoms with Crippen LogP contribution in [0.2, 0.25) is 0 Å². The first-order chi connectivity index (χ1) is 11.4. The SMILES string of the molecule is CCNC(=NCCS(=O)(=O)CC)N1CCOC(c2cnn(C)c2)C1. The summed E-state index contributed by atoms with van der Waals surface area (Å²) in [6.07, 6.45) is 3.70. The number of aryl methyl sites for hydroxylation is 1. The molecule has 1 aliphatic heterocycles. The lowest BCUT2D eigenvalue weighted by Gasteiger charge is -2.34. The van der Waals surface area contributed by atoms with Crippen molar-refractivity contribution in [3.05, 3.63) is 18.0 Å². The molecule has 2 heterocycles. The van der Waals surface area contributed by atoms with Crippen molar-refractivity contribution < 1.29 is 13.2 Å². The van der Waals surface area contributed by atoms with Crippen molar-refractivity contribution >= 4 is 15.8 Å². The Morgan fingerprint density at radius 1 is 1.50 bits per heavy atom. The number of sulfone groups is 1. The molecule has 0 amide bonds. The Hall–Kier alpha value is -1.61. The van der Waals surface area contributed by atoms with E-state index in [1.807, 2.05) is 26.4 Å². The van der Waals surface area contributed by atoms with Gasteiger partial charge in [0, 0.05) is 37.7 Å². The van der Waals surface area contributed by atoms with Crippen LogP contribution in [0, 0.1) is 0 Å². The molecule has 136 valence electrons. The van der Waals surface area contributed by atoms with E-state index in [9.17, 15) is 8.42 Å². The summed E-state index contributed by atoms with van der Waals surface area (Å²) in [7, 11) is -1.12. The summed E-state index contributed by atoms with van der Waals surface area (Å²) in [5.41, 5.74) is 1.03. The summed E-state index contributed by atoms with van der Waals surface area (Å²) >= 11 is 0. The molecule has 0 saturated carbocycles. The molecule has 1 aromatic heterocycles. The van der Waals surface area contributed by atoms with Gasteiger partial charge in [0.15, 0.2) is 15.8 Å². The highest BCUT2D eigenvalue weighted by molar-refractivity contribution is 7.91. The molecule has 0 aliphatic carbocycles. The number of hydrogen-bond acceptors (Lipinski definition) is 5. The third-order valence-electron chi connectivity index (χ3n) is 3.90. The number of hydrogen-bond donors (Lipinski definition) is 1. The number of aromatic nitrogens is 2. The molecular weight excluding hydrogens is 330 g/mol. The topological polar surface area (TPSA) is 88.8 Å². The number of ether oxygens (including phenoxy) is 1. The quantitative estimate of drug-likeness (QED) is 0.578. The zero-order valence-electron chi connectivity index (χ0n) is 14.6. The van der Waals surface area contributed by atoms with Crippen LogP contribution in [0.1, 0.15) is 25.5 Å². The highest BCUT2D eigenvalue weighted by Gasteiger charge is 2.25. The van der Waals surface area contributed by atoms with Crippen molar-refractivity contribution in [3.63, 3.8) is 0 Å². The number of morpholine rings is 1. The first-order valence-corrected chi connectivity index (χ1v) is 10.1. The normalized spacial score (nSPS) is 19.5. The maximum Gasteiger partial charge on any atom is 0.194 e. The maximum atomic E-state index is 11.6. The number of nitrogens with one attached hydrogen (secondary N) is 1. The second-order valence-corrected chi connectivity index (χ2v) is 8.20. The van der Waals surface area contributed by atoms with E-state index in [4.69, 9.17) is 4.74 Å². The van der Waals surface area contributed by atoms with Gasteiger partial charge in [-0.2, -0.15) is 5.10 Å². The zero-order valence-corrected chi connectivity index (χ0v) is 15.4. The van der Waals surface area contributed by atoms with Crippen molar-refractivity contribution in [1.82, 2.24) is 20.0 Å². The molecule has 1 N–H and O–H groups in total. The zero-order chi connectivity index (χ0) is 17.6. The van der Waals surface area contributed by atoms with E-state index < -0.39 is 9.84 Å². The Bertz CT molecular complexity index is 656. The third-order valence-corrected chi connectivity index (χ3v) is 5.59. The highest BCUT2D eigenvalue weighted by Crippen LogP contribution is 2.21. The fourth-order valence-corrected chi connectivity index (χ4v) is 3.17. The molecule has 1 aromatic rings. The highest BCUT2D eigenvalue weighted by atomic mass is 32.2. The first kappa shape index (κ1) is 18.7. The molecule has 0 aromatic carbocycles. The number of guanidine groups is 1. The van der Waals surface area contributed by atoms with E-state index in [0.717, 1.165) is 24.6 Å². The van der Waals surface area contributed by atoms with Gasteiger partial charge in [-0.25, -0.2) is 8.42 Å². The van der Waals surface area contributed by atoms with E-state index in [-0.39, 0.29) is 24.2 Å². The van der Waals surface area contributed by atoms with Gasteiger partial charge in [-0.05, 0) is 6.92 Å². The van der Waals surface area contributed by atoms with Crippen LogP contribution in [0.5, 0.6) is 0 Å². The molecule has 24 heavy (non-hydrogen) atoms. The van der Waals surface area contributed by atoms with Crippen LogP contribution < -0.4 is 5.32 Å². The smallest absolute Gasteiger partial charge is 0.194 e. The Kier molecular flexibility index (Phi) is 6.61. The van der Waals surface area contributed by atoms with Gasteiger partial charge in [0.25, 0.3) is 0 Å². The van der Waals surface area contributed by atoms with Gasteiger partial charge in [0.05, 0.1) is 31.6 Å². The second-order valence-electron chi connectivity index (χ2n) is 5.72. The molecule has 2 rings (SSSR count). The van der Waals surface area contributed by atoms with Crippen molar-refractivity contribution in [3.8, 4) is 0 Å². The minimum atomic E-state index is -3.00. The van der Waals surface area contributed by atoms with Gasteiger partial charge < -0.3 is 15.0 Å². The summed E-state index contributed by atoms with van der Waals surface area (Å²) in [6.45, 7) is 6.64. The monoisotopic (exact) mass is 357 g/mol. The molecule has 8 nitrogen and oxygen atoms in total. The van der Waals surface area contributed by atoms with E-state index in [1.165, 1.54) is 0 Å². The van der Waals surface area contributed by atoms with Gasteiger partial charge in [-0.3, -0.25) is 9.67 Å². The largest absolute Gasteiger partial charge is 0.370 e. The molecule has 1 saturated heterocycles. The van der Waals surface area contributed by atoms with Crippen LogP contribution in [-0.2, 0) is 21.6 Å².